The van der Waals surface area contributed by atoms with Crippen LogP contribution in [0.3, 0.4) is 0 Å². The molecule has 3 rings (SSSR count). The summed E-state index contributed by atoms with van der Waals surface area (Å²) in [5.74, 6) is 0.851. The van der Waals surface area contributed by atoms with Crippen LogP contribution in [0.15, 0.2) is 36.7 Å². The Morgan fingerprint density at radius 1 is 1.17 bits per heavy atom. The van der Waals surface area contributed by atoms with Crippen molar-refractivity contribution in [2.24, 2.45) is 5.92 Å². The lowest BCUT2D eigenvalue weighted by atomic mass is 9.91. The summed E-state index contributed by atoms with van der Waals surface area (Å²) in [5.41, 5.74) is 2.91. The molecule has 0 aliphatic carbocycles. The highest BCUT2D eigenvalue weighted by Crippen LogP contribution is 2.24. The van der Waals surface area contributed by atoms with Crippen molar-refractivity contribution in [3.63, 3.8) is 0 Å². The smallest absolute Gasteiger partial charge is 0.254 e. The molecule has 0 radical (unpaired) electrons. The number of piperidine rings is 1. The number of rotatable bonds is 8. The summed E-state index contributed by atoms with van der Waals surface area (Å²) < 4.78 is 1.89. The fourth-order valence-electron chi connectivity index (χ4n) is 4.15. The van der Waals surface area contributed by atoms with Crippen molar-refractivity contribution in [3.8, 4) is 0 Å². The Kier molecular flexibility index (Phi) is 7.66. The summed E-state index contributed by atoms with van der Waals surface area (Å²) in [4.78, 5) is 29.4. The third kappa shape index (κ3) is 5.49. The van der Waals surface area contributed by atoms with E-state index in [-0.39, 0.29) is 11.8 Å². The molecule has 0 spiro atoms. The molecular formula is C24H34N4O2. The Labute approximate surface area is 179 Å². The van der Waals surface area contributed by atoms with Crippen molar-refractivity contribution in [1.29, 1.82) is 0 Å². The predicted molar refractivity (Wildman–Crippen MR) is 118 cm³/mol. The van der Waals surface area contributed by atoms with Gasteiger partial charge in [-0.1, -0.05) is 18.2 Å². The Morgan fingerprint density at radius 2 is 1.90 bits per heavy atom. The van der Waals surface area contributed by atoms with Gasteiger partial charge in [-0.05, 0) is 57.6 Å². The number of hydrogen-bond donors (Lipinski definition) is 0. The molecular weight excluding hydrogens is 376 g/mol. The first kappa shape index (κ1) is 22.1. The van der Waals surface area contributed by atoms with E-state index in [9.17, 15) is 9.59 Å². The van der Waals surface area contributed by atoms with Crippen molar-refractivity contribution in [1.82, 2.24) is 19.6 Å². The molecule has 1 aliphatic heterocycles. The molecule has 1 fully saturated rings. The van der Waals surface area contributed by atoms with Crippen molar-refractivity contribution >= 4 is 11.8 Å². The number of hydrogen-bond acceptors (Lipinski definition) is 3. The van der Waals surface area contributed by atoms with Crippen LogP contribution < -0.4 is 0 Å². The summed E-state index contributed by atoms with van der Waals surface area (Å²) in [6, 6.07) is 7.78. The molecule has 6 nitrogen and oxygen atoms in total. The predicted octanol–water partition coefficient (Wildman–Crippen LogP) is 3.89. The Morgan fingerprint density at radius 3 is 2.53 bits per heavy atom. The zero-order chi connectivity index (χ0) is 21.5. The first-order valence-electron chi connectivity index (χ1n) is 11.2. The summed E-state index contributed by atoms with van der Waals surface area (Å²) in [7, 11) is 0. The van der Waals surface area contributed by atoms with Gasteiger partial charge in [-0.25, -0.2) is 0 Å². The first-order valence-corrected chi connectivity index (χ1v) is 11.2. The molecule has 0 atom stereocenters. The SMILES string of the molecule is CCN(Cc1cnn(CC)c1)C(=O)CCC1CCN(C(=O)c2ccccc2C)CC1. The second kappa shape index (κ2) is 10.4. The second-order valence-electron chi connectivity index (χ2n) is 8.20. The topological polar surface area (TPSA) is 58.4 Å². The minimum absolute atomic E-state index is 0.132. The molecule has 1 aromatic carbocycles. The van der Waals surface area contributed by atoms with Crippen LogP contribution in [0.4, 0.5) is 0 Å². The number of carbonyl (C=O) groups is 2. The van der Waals surface area contributed by atoms with E-state index in [1.54, 1.807) is 0 Å². The molecule has 0 N–H and O–H groups in total. The van der Waals surface area contributed by atoms with Gasteiger partial charge in [0.2, 0.25) is 5.91 Å². The van der Waals surface area contributed by atoms with Crippen LogP contribution >= 0.6 is 0 Å². The van der Waals surface area contributed by atoms with Gasteiger partial charge in [-0.15, -0.1) is 0 Å². The van der Waals surface area contributed by atoms with E-state index in [1.807, 2.05) is 65.0 Å². The van der Waals surface area contributed by atoms with Crippen LogP contribution in [-0.4, -0.2) is 51.0 Å². The summed E-state index contributed by atoms with van der Waals surface area (Å²) >= 11 is 0. The van der Waals surface area contributed by atoms with Crippen LogP contribution in [0.2, 0.25) is 0 Å². The van der Waals surface area contributed by atoms with Gasteiger partial charge < -0.3 is 9.80 Å². The average Bonchev–Trinajstić information content (AvgIpc) is 3.24. The highest BCUT2D eigenvalue weighted by atomic mass is 16.2. The van der Waals surface area contributed by atoms with Crippen LogP contribution in [0.25, 0.3) is 0 Å². The van der Waals surface area contributed by atoms with E-state index >= 15 is 0 Å². The number of likely N-dealkylation sites (tertiary alicyclic amines) is 1. The molecule has 1 aliphatic rings. The monoisotopic (exact) mass is 410 g/mol. The molecule has 1 aromatic heterocycles. The van der Waals surface area contributed by atoms with Gasteiger partial charge in [0, 0.05) is 56.5 Å². The van der Waals surface area contributed by atoms with Gasteiger partial charge in [0.05, 0.1) is 6.20 Å². The third-order valence-electron chi connectivity index (χ3n) is 6.16. The number of aryl methyl sites for hydroxylation is 2. The first-order chi connectivity index (χ1) is 14.5. The van der Waals surface area contributed by atoms with Gasteiger partial charge in [-0.3, -0.25) is 14.3 Å². The number of nitrogens with zero attached hydrogens (tertiary/aromatic N) is 4. The highest BCUT2D eigenvalue weighted by Gasteiger charge is 2.25. The lowest BCUT2D eigenvalue weighted by Gasteiger charge is -2.32. The highest BCUT2D eigenvalue weighted by molar-refractivity contribution is 5.95. The van der Waals surface area contributed by atoms with Crippen molar-refractivity contribution in [2.45, 2.75) is 59.5 Å². The number of amides is 2. The quantitative estimate of drug-likeness (QED) is 0.663. The van der Waals surface area contributed by atoms with E-state index in [4.69, 9.17) is 0 Å². The summed E-state index contributed by atoms with van der Waals surface area (Å²) in [5, 5.41) is 4.30. The fraction of sp³-hybridized carbons (Fsp3) is 0.542. The van der Waals surface area contributed by atoms with Crippen LogP contribution in [-0.2, 0) is 17.9 Å². The summed E-state index contributed by atoms with van der Waals surface area (Å²) in [6.45, 7) is 9.79. The summed E-state index contributed by atoms with van der Waals surface area (Å²) in [6.07, 6.45) is 7.28. The zero-order valence-corrected chi connectivity index (χ0v) is 18.5. The van der Waals surface area contributed by atoms with E-state index in [0.717, 1.165) is 55.6 Å². The number of aromatic nitrogens is 2. The molecule has 0 bridgehead atoms. The number of benzene rings is 1. The normalized spacial score (nSPS) is 14.7. The van der Waals surface area contributed by atoms with Gasteiger partial charge in [-0.2, -0.15) is 5.10 Å². The van der Waals surface area contributed by atoms with Crippen LogP contribution in [0, 0.1) is 12.8 Å². The van der Waals surface area contributed by atoms with E-state index < -0.39 is 0 Å². The average molecular weight is 411 g/mol. The zero-order valence-electron chi connectivity index (χ0n) is 18.5. The third-order valence-corrected chi connectivity index (χ3v) is 6.16. The molecule has 0 unspecified atom stereocenters. The van der Waals surface area contributed by atoms with Crippen LogP contribution in [0.5, 0.6) is 0 Å². The van der Waals surface area contributed by atoms with E-state index in [1.165, 1.54) is 0 Å². The van der Waals surface area contributed by atoms with E-state index in [0.29, 0.717) is 25.4 Å². The fourth-order valence-corrected chi connectivity index (χ4v) is 4.15. The largest absolute Gasteiger partial charge is 0.339 e. The molecule has 0 saturated carbocycles. The second-order valence-corrected chi connectivity index (χ2v) is 8.20. The lowest BCUT2D eigenvalue weighted by Crippen LogP contribution is -2.39. The minimum atomic E-state index is 0.132. The molecule has 6 heteroatoms. The maximum Gasteiger partial charge on any atom is 0.254 e. The van der Waals surface area contributed by atoms with Gasteiger partial charge in [0.15, 0.2) is 0 Å². The van der Waals surface area contributed by atoms with Gasteiger partial charge in [0.1, 0.15) is 0 Å². The van der Waals surface area contributed by atoms with Gasteiger partial charge >= 0.3 is 0 Å². The van der Waals surface area contributed by atoms with Gasteiger partial charge in [0.25, 0.3) is 5.91 Å². The lowest BCUT2D eigenvalue weighted by molar-refractivity contribution is -0.132. The Bertz CT molecular complexity index is 852. The molecule has 162 valence electrons. The minimum Gasteiger partial charge on any atom is -0.339 e. The molecule has 30 heavy (non-hydrogen) atoms. The maximum absolute atomic E-state index is 12.8. The Hall–Kier alpha value is -2.63. The standard InChI is InChI=1S/C24H34N4O2/c1-4-26(17-21-16-25-28(5-2)18-21)23(29)11-10-20-12-14-27(15-13-20)24(30)22-9-7-6-8-19(22)3/h6-9,16,18,20H,4-5,10-15,17H2,1-3H3. The molecule has 2 aromatic rings. The van der Waals surface area contributed by atoms with Crippen molar-refractivity contribution < 1.29 is 9.59 Å². The van der Waals surface area contributed by atoms with Crippen molar-refractivity contribution in [3.05, 3.63) is 53.3 Å². The maximum atomic E-state index is 12.8. The van der Waals surface area contributed by atoms with Crippen LogP contribution in [0.1, 0.15) is 61.0 Å². The van der Waals surface area contributed by atoms with Crippen molar-refractivity contribution in [2.75, 3.05) is 19.6 Å². The molecule has 1 saturated heterocycles. The number of carbonyl (C=O) groups excluding carboxylic acids is 2. The van der Waals surface area contributed by atoms with E-state index in [2.05, 4.69) is 12.0 Å². The Balaban J connectivity index is 1.44. The molecule has 2 amide bonds. The molecule has 2 heterocycles.